The summed E-state index contributed by atoms with van der Waals surface area (Å²) in [5.74, 6) is -0.291. The number of aromatic nitrogens is 2. The zero-order chi connectivity index (χ0) is 23.6. The molecule has 1 aromatic heterocycles. The number of sulfonamides is 1. The largest absolute Gasteiger partial charge is 0.340 e. The molecule has 0 radical (unpaired) electrons. The molecule has 0 aliphatic heterocycles. The molecule has 0 aliphatic carbocycles. The number of carbonyl (C=O) groups is 1. The van der Waals surface area contributed by atoms with Gasteiger partial charge in [-0.25, -0.2) is 13.1 Å². The van der Waals surface area contributed by atoms with E-state index in [2.05, 4.69) is 5.10 Å². The van der Waals surface area contributed by atoms with Gasteiger partial charge in [0.2, 0.25) is 15.9 Å². The summed E-state index contributed by atoms with van der Waals surface area (Å²) in [4.78, 5) is 14.6. The standard InChI is InChI=1S/C24H30N4O3S/c1-17-11-7-9-13-22(17)27(32(6,30)31)16-24(29)26(5)15-21-19(3)25-28(20(21)4)23-14-10-8-12-18(23)2/h7-14H,15-16H2,1-6H3. The monoisotopic (exact) mass is 454 g/mol. The van der Waals surface area contributed by atoms with Crippen molar-refractivity contribution >= 4 is 21.6 Å². The number of likely N-dealkylation sites (N-methyl/N-ethyl adjacent to an activating group) is 1. The van der Waals surface area contributed by atoms with E-state index in [1.165, 1.54) is 0 Å². The lowest BCUT2D eigenvalue weighted by atomic mass is 10.1. The summed E-state index contributed by atoms with van der Waals surface area (Å²) in [6.07, 6.45) is 1.12. The predicted octanol–water partition coefficient (Wildman–Crippen LogP) is 3.53. The first-order chi connectivity index (χ1) is 15.0. The van der Waals surface area contributed by atoms with Crippen molar-refractivity contribution in [2.75, 3.05) is 24.2 Å². The van der Waals surface area contributed by atoms with E-state index in [0.717, 1.165) is 44.3 Å². The van der Waals surface area contributed by atoms with E-state index in [4.69, 9.17) is 0 Å². The third kappa shape index (κ3) is 4.85. The Bertz CT molecular complexity index is 1250. The first-order valence-corrected chi connectivity index (χ1v) is 12.2. The van der Waals surface area contributed by atoms with Gasteiger partial charge < -0.3 is 4.90 Å². The molecule has 2 aromatic carbocycles. The Kier molecular flexibility index (Phi) is 6.74. The van der Waals surface area contributed by atoms with Crippen molar-refractivity contribution in [2.45, 2.75) is 34.2 Å². The van der Waals surface area contributed by atoms with Crippen LogP contribution in [0.3, 0.4) is 0 Å². The summed E-state index contributed by atoms with van der Waals surface area (Å²) >= 11 is 0. The van der Waals surface area contributed by atoms with Gasteiger partial charge in [-0.3, -0.25) is 9.10 Å². The van der Waals surface area contributed by atoms with Gasteiger partial charge in [-0.2, -0.15) is 5.10 Å². The highest BCUT2D eigenvalue weighted by Gasteiger charge is 2.25. The number of anilines is 1. The van der Waals surface area contributed by atoms with Gasteiger partial charge in [-0.15, -0.1) is 0 Å². The minimum absolute atomic E-state index is 0.260. The van der Waals surface area contributed by atoms with Gasteiger partial charge in [0.1, 0.15) is 6.54 Å². The van der Waals surface area contributed by atoms with Gasteiger partial charge in [0, 0.05) is 24.8 Å². The lowest BCUT2D eigenvalue weighted by molar-refractivity contribution is -0.128. The number of hydrogen-bond donors (Lipinski definition) is 0. The van der Waals surface area contributed by atoms with Gasteiger partial charge in [0.25, 0.3) is 0 Å². The van der Waals surface area contributed by atoms with Crippen LogP contribution in [0, 0.1) is 27.7 Å². The van der Waals surface area contributed by atoms with Crippen molar-refractivity contribution < 1.29 is 13.2 Å². The minimum atomic E-state index is -3.63. The Morgan fingerprint density at radius 2 is 1.56 bits per heavy atom. The average molecular weight is 455 g/mol. The number of rotatable bonds is 7. The molecular weight excluding hydrogens is 424 g/mol. The van der Waals surface area contributed by atoms with Crippen LogP contribution in [0.1, 0.15) is 28.1 Å². The summed E-state index contributed by atoms with van der Waals surface area (Å²) in [5, 5.41) is 4.69. The number of carbonyl (C=O) groups excluding carboxylic acids is 1. The van der Waals surface area contributed by atoms with E-state index in [1.54, 1.807) is 24.1 Å². The fourth-order valence-corrected chi connectivity index (χ4v) is 4.64. The van der Waals surface area contributed by atoms with E-state index in [9.17, 15) is 13.2 Å². The number of nitrogens with zero attached hydrogens (tertiary/aromatic N) is 4. The highest BCUT2D eigenvalue weighted by atomic mass is 32.2. The number of benzene rings is 2. The maximum Gasteiger partial charge on any atom is 0.243 e. The molecule has 1 amide bonds. The molecule has 8 heteroatoms. The summed E-state index contributed by atoms with van der Waals surface area (Å²) < 4.78 is 27.9. The molecule has 3 rings (SSSR count). The fraction of sp³-hybridized carbons (Fsp3) is 0.333. The normalized spacial score (nSPS) is 11.4. The molecule has 7 nitrogen and oxygen atoms in total. The number of amides is 1. The Morgan fingerprint density at radius 1 is 0.969 bits per heavy atom. The Balaban J connectivity index is 1.84. The molecule has 0 saturated heterocycles. The summed E-state index contributed by atoms with van der Waals surface area (Å²) in [5.41, 5.74) is 6.15. The molecule has 32 heavy (non-hydrogen) atoms. The molecule has 1 heterocycles. The maximum absolute atomic E-state index is 13.0. The molecular formula is C24H30N4O3S. The van der Waals surface area contributed by atoms with Crippen LogP contribution in [0.25, 0.3) is 5.69 Å². The molecule has 0 atom stereocenters. The zero-order valence-corrected chi connectivity index (χ0v) is 20.3. The Hall–Kier alpha value is -3.13. The average Bonchev–Trinajstić information content (AvgIpc) is 3.00. The van der Waals surface area contributed by atoms with E-state index in [0.29, 0.717) is 12.2 Å². The third-order valence-corrected chi connectivity index (χ3v) is 6.80. The number of para-hydroxylation sites is 2. The number of hydrogen-bond acceptors (Lipinski definition) is 4. The van der Waals surface area contributed by atoms with Crippen molar-refractivity contribution in [3.63, 3.8) is 0 Å². The third-order valence-electron chi connectivity index (χ3n) is 5.67. The van der Waals surface area contributed by atoms with Gasteiger partial charge in [-0.05, 0) is 51.0 Å². The lowest BCUT2D eigenvalue weighted by Gasteiger charge is -2.26. The van der Waals surface area contributed by atoms with Gasteiger partial charge in [0.15, 0.2) is 0 Å². The molecule has 0 fully saturated rings. The topological polar surface area (TPSA) is 75.5 Å². The van der Waals surface area contributed by atoms with Gasteiger partial charge in [-0.1, -0.05) is 36.4 Å². The molecule has 0 N–H and O–H groups in total. The Labute approximate surface area is 190 Å². The first kappa shape index (κ1) is 23.5. The quantitative estimate of drug-likeness (QED) is 0.547. The van der Waals surface area contributed by atoms with Gasteiger partial charge >= 0.3 is 0 Å². The highest BCUT2D eigenvalue weighted by Crippen LogP contribution is 2.24. The second kappa shape index (κ2) is 9.16. The van der Waals surface area contributed by atoms with Crippen LogP contribution in [0.4, 0.5) is 5.69 Å². The van der Waals surface area contributed by atoms with Crippen molar-refractivity contribution in [1.29, 1.82) is 0 Å². The lowest BCUT2D eigenvalue weighted by Crippen LogP contribution is -2.41. The van der Waals surface area contributed by atoms with Crippen LogP contribution >= 0.6 is 0 Å². The molecule has 0 saturated carbocycles. The zero-order valence-electron chi connectivity index (χ0n) is 19.5. The van der Waals surface area contributed by atoms with E-state index < -0.39 is 10.0 Å². The van der Waals surface area contributed by atoms with E-state index >= 15 is 0 Å². The second-order valence-corrected chi connectivity index (χ2v) is 10.1. The van der Waals surface area contributed by atoms with Crippen LogP contribution < -0.4 is 4.31 Å². The van der Waals surface area contributed by atoms with Crippen LogP contribution in [0.5, 0.6) is 0 Å². The van der Waals surface area contributed by atoms with Crippen molar-refractivity contribution in [2.24, 2.45) is 0 Å². The smallest absolute Gasteiger partial charge is 0.243 e. The molecule has 0 spiro atoms. The molecule has 0 unspecified atom stereocenters. The summed E-state index contributed by atoms with van der Waals surface area (Å²) in [6.45, 7) is 7.85. The van der Waals surface area contributed by atoms with E-state index in [1.807, 2.05) is 68.8 Å². The summed E-state index contributed by atoms with van der Waals surface area (Å²) in [7, 11) is -1.94. The van der Waals surface area contributed by atoms with E-state index in [-0.39, 0.29) is 12.5 Å². The van der Waals surface area contributed by atoms with Crippen LogP contribution in [-0.2, 0) is 21.4 Å². The van der Waals surface area contributed by atoms with Crippen molar-refractivity contribution in [1.82, 2.24) is 14.7 Å². The predicted molar refractivity (Wildman–Crippen MR) is 128 cm³/mol. The molecule has 170 valence electrons. The van der Waals surface area contributed by atoms with Crippen molar-refractivity contribution in [3.05, 3.63) is 76.6 Å². The van der Waals surface area contributed by atoms with Crippen LogP contribution in [0.2, 0.25) is 0 Å². The molecule has 0 aliphatic rings. The summed E-state index contributed by atoms with van der Waals surface area (Å²) in [6, 6.07) is 15.1. The van der Waals surface area contributed by atoms with Crippen molar-refractivity contribution in [3.8, 4) is 5.69 Å². The maximum atomic E-state index is 13.0. The van der Waals surface area contributed by atoms with Crippen LogP contribution in [-0.4, -0.2) is 48.9 Å². The number of aryl methyl sites for hydroxylation is 3. The SMILES string of the molecule is Cc1ccccc1N(CC(=O)N(C)Cc1c(C)nn(-c2ccccc2C)c1C)S(C)(=O)=O. The molecule has 3 aromatic rings. The Morgan fingerprint density at radius 3 is 2.16 bits per heavy atom. The molecule has 0 bridgehead atoms. The first-order valence-electron chi connectivity index (χ1n) is 10.4. The minimum Gasteiger partial charge on any atom is -0.340 e. The van der Waals surface area contributed by atoms with Gasteiger partial charge in [0.05, 0.1) is 23.3 Å². The fourth-order valence-electron chi connectivity index (χ4n) is 3.73. The van der Waals surface area contributed by atoms with Crippen LogP contribution in [0.15, 0.2) is 48.5 Å². The highest BCUT2D eigenvalue weighted by molar-refractivity contribution is 7.92. The second-order valence-electron chi connectivity index (χ2n) is 8.15.